The first-order valence-corrected chi connectivity index (χ1v) is 6.98. The lowest BCUT2D eigenvalue weighted by Crippen LogP contribution is -2.14. The van der Waals surface area contributed by atoms with Crippen molar-refractivity contribution in [3.8, 4) is 11.3 Å². The molecule has 0 atom stereocenters. The average molecular weight is 288 g/mol. The van der Waals surface area contributed by atoms with Gasteiger partial charge in [0.05, 0.1) is 5.69 Å². The summed E-state index contributed by atoms with van der Waals surface area (Å²) >= 11 is 0. The van der Waals surface area contributed by atoms with Crippen LogP contribution >= 0.6 is 0 Å². The van der Waals surface area contributed by atoms with Gasteiger partial charge in [-0.25, -0.2) is 9.37 Å². The molecule has 0 amide bonds. The minimum absolute atomic E-state index is 0.204. The number of nitrogens with zero attached hydrogens (tertiary/aromatic N) is 2. The van der Waals surface area contributed by atoms with Crippen LogP contribution in [0.3, 0.4) is 0 Å². The van der Waals surface area contributed by atoms with Gasteiger partial charge in [0.2, 0.25) is 5.95 Å². The van der Waals surface area contributed by atoms with Gasteiger partial charge in [-0.2, -0.15) is 4.98 Å². The van der Waals surface area contributed by atoms with Crippen LogP contribution in [0.5, 0.6) is 0 Å². The molecule has 5 heteroatoms. The van der Waals surface area contributed by atoms with Gasteiger partial charge in [-0.05, 0) is 36.1 Å². The Bertz CT molecular complexity index is 603. The molecule has 1 heterocycles. The molecule has 0 radical (unpaired) electrons. The van der Waals surface area contributed by atoms with Gasteiger partial charge in [0, 0.05) is 18.2 Å². The first kappa shape index (κ1) is 15.2. The van der Waals surface area contributed by atoms with Crippen molar-refractivity contribution in [3.05, 3.63) is 36.1 Å². The zero-order valence-electron chi connectivity index (χ0n) is 12.7. The van der Waals surface area contributed by atoms with E-state index in [1.54, 1.807) is 12.1 Å². The normalized spacial score (nSPS) is 11.4. The van der Waals surface area contributed by atoms with Crippen LogP contribution in [0, 0.1) is 11.2 Å². The molecular formula is C16H21FN4. The van der Waals surface area contributed by atoms with Gasteiger partial charge >= 0.3 is 0 Å². The molecule has 0 aliphatic rings. The standard InChI is InChI=1S/C16H21FN4/c1-16(2,3)8-9-19-14-10-13(20-15(18)21-14)11-4-6-12(17)7-5-11/h4-7,10H,8-9H2,1-3H3,(H3,18,19,20,21). The van der Waals surface area contributed by atoms with Gasteiger partial charge < -0.3 is 11.1 Å². The number of anilines is 2. The third-order valence-corrected chi connectivity index (χ3v) is 3.06. The Morgan fingerprint density at radius 3 is 2.43 bits per heavy atom. The molecule has 0 aliphatic heterocycles. The van der Waals surface area contributed by atoms with Gasteiger partial charge in [-0.15, -0.1) is 0 Å². The Labute approximate surface area is 124 Å². The molecule has 0 spiro atoms. The van der Waals surface area contributed by atoms with Crippen molar-refractivity contribution in [2.75, 3.05) is 17.6 Å². The molecule has 2 rings (SSSR count). The van der Waals surface area contributed by atoms with Crippen LogP contribution in [0.25, 0.3) is 11.3 Å². The topological polar surface area (TPSA) is 63.8 Å². The summed E-state index contributed by atoms with van der Waals surface area (Å²) in [6.07, 6.45) is 1.02. The number of halogens is 1. The lowest BCUT2D eigenvalue weighted by atomic mass is 9.92. The molecule has 21 heavy (non-hydrogen) atoms. The Balaban J connectivity index is 2.15. The Hall–Kier alpha value is -2.17. The first-order valence-electron chi connectivity index (χ1n) is 6.98. The van der Waals surface area contributed by atoms with Crippen molar-refractivity contribution in [3.63, 3.8) is 0 Å². The molecule has 112 valence electrons. The van der Waals surface area contributed by atoms with E-state index in [0.717, 1.165) is 18.5 Å². The lowest BCUT2D eigenvalue weighted by Gasteiger charge is -2.18. The van der Waals surface area contributed by atoms with Gasteiger partial charge in [-0.3, -0.25) is 0 Å². The summed E-state index contributed by atoms with van der Waals surface area (Å²) < 4.78 is 13.0. The van der Waals surface area contributed by atoms with E-state index in [2.05, 4.69) is 36.1 Å². The third-order valence-electron chi connectivity index (χ3n) is 3.06. The van der Waals surface area contributed by atoms with Crippen LogP contribution in [0.2, 0.25) is 0 Å². The van der Waals surface area contributed by atoms with Crippen LogP contribution in [0.15, 0.2) is 30.3 Å². The van der Waals surface area contributed by atoms with Crippen molar-refractivity contribution in [2.45, 2.75) is 27.2 Å². The van der Waals surface area contributed by atoms with Crippen LogP contribution in [-0.4, -0.2) is 16.5 Å². The number of aromatic nitrogens is 2. The number of nitrogen functional groups attached to an aromatic ring is 1. The van der Waals surface area contributed by atoms with Gasteiger partial charge in [0.25, 0.3) is 0 Å². The van der Waals surface area contributed by atoms with Gasteiger partial charge in [0.15, 0.2) is 0 Å². The maximum Gasteiger partial charge on any atom is 0.222 e. The van der Waals surface area contributed by atoms with Crippen molar-refractivity contribution in [1.29, 1.82) is 0 Å². The summed E-state index contributed by atoms with van der Waals surface area (Å²) in [5.41, 5.74) is 7.49. The zero-order chi connectivity index (χ0) is 15.5. The smallest absolute Gasteiger partial charge is 0.222 e. The molecule has 0 fully saturated rings. The third kappa shape index (κ3) is 4.70. The van der Waals surface area contributed by atoms with E-state index in [0.29, 0.717) is 11.5 Å². The second-order valence-electron chi connectivity index (χ2n) is 6.24. The highest BCUT2D eigenvalue weighted by atomic mass is 19.1. The van der Waals surface area contributed by atoms with E-state index in [-0.39, 0.29) is 17.2 Å². The highest BCUT2D eigenvalue weighted by Gasteiger charge is 2.10. The highest BCUT2D eigenvalue weighted by Crippen LogP contribution is 2.22. The van der Waals surface area contributed by atoms with Crippen LogP contribution in [0.1, 0.15) is 27.2 Å². The summed E-state index contributed by atoms with van der Waals surface area (Å²) in [6.45, 7) is 7.37. The molecule has 0 saturated carbocycles. The van der Waals surface area contributed by atoms with E-state index in [9.17, 15) is 4.39 Å². The predicted molar refractivity (Wildman–Crippen MR) is 84.4 cm³/mol. The molecular weight excluding hydrogens is 267 g/mol. The van der Waals surface area contributed by atoms with E-state index in [1.807, 2.05) is 6.07 Å². The summed E-state index contributed by atoms with van der Waals surface area (Å²) in [6, 6.07) is 7.99. The second-order valence-corrected chi connectivity index (χ2v) is 6.24. The fraction of sp³-hybridized carbons (Fsp3) is 0.375. The van der Waals surface area contributed by atoms with Crippen LogP contribution in [-0.2, 0) is 0 Å². The SMILES string of the molecule is CC(C)(C)CCNc1cc(-c2ccc(F)cc2)nc(N)n1. The molecule has 1 aromatic carbocycles. The van der Waals surface area contributed by atoms with Crippen molar-refractivity contribution >= 4 is 11.8 Å². The number of nitrogens with one attached hydrogen (secondary N) is 1. The van der Waals surface area contributed by atoms with Crippen molar-refractivity contribution < 1.29 is 4.39 Å². The van der Waals surface area contributed by atoms with E-state index < -0.39 is 0 Å². The fourth-order valence-corrected chi connectivity index (χ4v) is 1.89. The molecule has 3 N–H and O–H groups in total. The van der Waals surface area contributed by atoms with E-state index in [4.69, 9.17) is 5.73 Å². The lowest BCUT2D eigenvalue weighted by molar-refractivity contribution is 0.389. The summed E-state index contributed by atoms with van der Waals surface area (Å²) in [5.74, 6) is 0.616. The maximum atomic E-state index is 13.0. The molecule has 4 nitrogen and oxygen atoms in total. The first-order chi connectivity index (χ1) is 9.83. The van der Waals surface area contributed by atoms with Crippen LogP contribution < -0.4 is 11.1 Å². The number of rotatable bonds is 4. The van der Waals surface area contributed by atoms with E-state index in [1.165, 1.54) is 12.1 Å². The second kappa shape index (κ2) is 6.08. The van der Waals surface area contributed by atoms with Crippen LogP contribution in [0.4, 0.5) is 16.2 Å². The Kier molecular flexibility index (Phi) is 4.40. The van der Waals surface area contributed by atoms with E-state index >= 15 is 0 Å². The summed E-state index contributed by atoms with van der Waals surface area (Å²) in [5, 5.41) is 3.26. The number of nitrogens with two attached hydrogens (primary N) is 1. The summed E-state index contributed by atoms with van der Waals surface area (Å²) in [4.78, 5) is 8.37. The molecule has 0 unspecified atom stereocenters. The van der Waals surface area contributed by atoms with Crippen molar-refractivity contribution in [2.24, 2.45) is 5.41 Å². The molecule has 0 saturated heterocycles. The van der Waals surface area contributed by atoms with Gasteiger partial charge in [0.1, 0.15) is 11.6 Å². The number of benzene rings is 1. The zero-order valence-corrected chi connectivity index (χ0v) is 12.7. The minimum atomic E-state index is -0.274. The Morgan fingerprint density at radius 1 is 1.14 bits per heavy atom. The fourth-order valence-electron chi connectivity index (χ4n) is 1.89. The largest absolute Gasteiger partial charge is 0.370 e. The Morgan fingerprint density at radius 2 is 1.81 bits per heavy atom. The van der Waals surface area contributed by atoms with Gasteiger partial charge in [-0.1, -0.05) is 20.8 Å². The highest BCUT2D eigenvalue weighted by molar-refractivity contribution is 5.63. The molecule has 1 aromatic heterocycles. The average Bonchev–Trinajstić information content (AvgIpc) is 2.37. The monoisotopic (exact) mass is 288 g/mol. The minimum Gasteiger partial charge on any atom is -0.370 e. The number of hydrogen-bond donors (Lipinski definition) is 2. The maximum absolute atomic E-state index is 13.0. The molecule has 0 aliphatic carbocycles. The summed E-state index contributed by atoms with van der Waals surface area (Å²) in [7, 11) is 0. The molecule has 0 bridgehead atoms. The molecule has 2 aromatic rings. The van der Waals surface area contributed by atoms with Crippen molar-refractivity contribution in [1.82, 2.24) is 9.97 Å². The number of hydrogen-bond acceptors (Lipinski definition) is 4. The predicted octanol–water partition coefficient (Wildman–Crippen LogP) is 3.71. The quantitative estimate of drug-likeness (QED) is 0.900.